The number of hydrogen-bond acceptors (Lipinski definition) is 14. The third-order valence-corrected chi connectivity index (χ3v) is 19.3. The molecule has 0 atom stereocenters. The molecule has 0 fully saturated rings. The number of benzene rings is 8. The van der Waals surface area contributed by atoms with Gasteiger partial charge in [0.15, 0.2) is 0 Å². The molecule has 2 aliphatic rings. The Balaban J connectivity index is 0.00000512. The van der Waals surface area contributed by atoms with Crippen molar-refractivity contribution in [1.29, 1.82) is 0 Å². The molecule has 0 amide bonds. The summed E-state index contributed by atoms with van der Waals surface area (Å²) in [5, 5.41) is 0. The fourth-order valence-electron chi connectivity index (χ4n) is 12.7. The molecule has 18 heteroatoms. The Kier molecular flexibility index (Phi) is 22.7. The fourth-order valence-corrected chi connectivity index (χ4v) is 12.7. The third-order valence-electron chi connectivity index (χ3n) is 19.3. The van der Waals surface area contributed by atoms with Crippen molar-refractivity contribution in [2.24, 2.45) is 0 Å². The van der Waals surface area contributed by atoms with Crippen molar-refractivity contribution < 1.29 is 59.1 Å². The van der Waals surface area contributed by atoms with Gasteiger partial charge in [0, 0.05) is 22.6 Å². The number of rotatable bonds is 16. The van der Waals surface area contributed by atoms with Gasteiger partial charge in [-0.25, -0.2) is 49.8 Å². The topological polar surface area (TPSA) is 209 Å². The molecule has 0 radical (unpaired) electrons. The van der Waals surface area contributed by atoms with Crippen LogP contribution >= 0.6 is 0 Å². The summed E-state index contributed by atoms with van der Waals surface area (Å²) >= 11 is 0. The van der Waals surface area contributed by atoms with Gasteiger partial charge in [-0.05, 0) is 149 Å². The van der Waals surface area contributed by atoms with E-state index in [0.717, 1.165) is 89.0 Å². The van der Waals surface area contributed by atoms with Gasteiger partial charge in [0.1, 0.15) is 68.1 Å². The maximum Gasteiger partial charge on any atom is 1.00 e. The molecule has 0 spiro atoms. The van der Waals surface area contributed by atoms with Crippen molar-refractivity contribution in [3.05, 3.63) is 329 Å². The minimum atomic E-state index is 0. The van der Waals surface area contributed by atoms with Gasteiger partial charge >= 0.3 is 59.1 Å². The van der Waals surface area contributed by atoms with Crippen molar-refractivity contribution in [2.45, 2.75) is 55.4 Å². The van der Waals surface area contributed by atoms with E-state index in [-0.39, 0.29) is 105 Å². The second kappa shape index (κ2) is 33.7. The summed E-state index contributed by atoms with van der Waals surface area (Å²) in [5.74, 6) is 0.550. The van der Waals surface area contributed by atoms with Crippen LogP contribution in [0.5, 0.6) is 0 Å². The van der Waals surface area contributed by atoms with E-state index in [2.05, 4.69) is 250 Å². The van der Waals surface area contributed by atoms with Crippen LogP contribution in [-0.4, -0.2) is 69.8 Å². The summed E-state index contributed by atoms with van der Waals surface area (Å²) in [7, 11) is 0. The maximum atomic E-state index is 5.49. The molecular formula is C96H72N16Na2. The predicted octanol–water partition coefficient (Wildman–Crippen LogP) is 15.1. The SMILES string of the molecule is Cc1ccc(/C=C/c2nc3c(nc2/C=C/c2ccc(C)cc2)-c2nc-3nc3[n-]c(nc4nc(nc5[n-]c(n2)c2nc(/C=C/c6ccc(C)cc6)c(/C=C/c6ccc(C)cc6)nc52)-c2nc(/C=C/c5ccc(C)cc5)c(/C=C/c5ccc(C)cc5)nc2-4)c2nc(/C=C/c4ccc(C)cc4)c(/C=C/c4ccc(C)cc4)nc32)cc1.[Na+].[Na+]. The molecule has 538 valence electrons. The Morgan fingerprint density at radius 2 is 0.307 bits per heavy atom. The molecule has 0 saturated carbocycles. The first-order valence-electron chi connectivity index (χ1n) is 37.0. The molecule has 2 aliphatic heterocycles. The summed E-state index contributed by atoms with van der Waals surface area (Å²) in [6.45, 7) is 16.5. The average molecular weight is 1500 g/mol. The molecule has 0 saturated heterocycles. The average Bonchev–Trinajstić information content (AvgIpc) is 1.59. The Morgan fingerprint density at radius 1 is 0.167 bits per heavy atom. The molecule has 8 bridgehead atoms. The van der Waals surface area contributed by atoms with Crippen LogP contribution in [0.1, 0.15) is 135 Å². The molecule has 9 heterocycles. The second-order valence-electron chi connectivity index (χ2n) is 28.2. The quantitative estimate of drug-likeness (QED) is 0.0824. The first-order chi connectivity index (χ1) is 54.6. The molecule has 7 aromatic heterocycles. The zero-order chi connectivity index (χ0) is 76.3. The summed E-state index contributed by atoms with van der Waals surface area (Å²) in [4.78, 5) is 87.1. The second-order valence-corrected chi connectivity index (χ2v) is 28.2. The standard InChI is InChI=1S/C96H72N16.2Na/c1-57-9-25-65(26-10-57)41-49-73-74(50-42-66-27-11-58(2)12-28-66)98-82-81(97-73)89-105-90(82)110-92-85-86(102-78(54-46-70-35-19-62(6)20-36-70)77(101-85)53-45-69-33-17-61(5)18-34-69)94(107-92)112-96-88-87(103-79(55-47-71-37-21-63(7)22-38-71)80(104-88)56-48-72-39-23-64(8)24-40-72)95(108-96)111-93-84-83(91(106-93)109-89)99-75(51-43-67-29-13-59(3)14-30-67)76(100-84)52-44-68-31-15-60(4)16-32-68;;/h9-56H,1-8H3;;/q-2;2*+1/b49-41+,50-42+,51-43+,52-44+,53-45+,54-46+,55-47+,56-48+;;. The smallest absolute Gasteiger partial charge is 0.354 e. The molecule has 15 aromatic rings. The molecule has 16 nitrogen and oxygen atoms in total. The van der Waals surface area contributed by atoms with E-state index in [1.54, 1.807) is 0 Å². The molecule has 114 heavy (non-hydrogen) atoms. The van der Waals surface area contributed by atoms with Crippen molar-refractivity contribution in [2.75, 3.05) is 0 Å². The maximum absolute atomic E-state index is 5.49. The van der Waals surface area contributed by atoms with Gasteiger partial charge in [-0.15, -0.1) is 0 Å². The van der Waals surface area contributed by atoms with Crippen molar-refractivity contribution in [1.82, 2.24) is 79.7 Å². The fraction of sp³-hybridized carbons (Fsp3) is 0.0833. The number of aromatic nitrogens is 16. The molecular weight excluding hydrogens is 1420 g/mol. The molecule has 17 rings (SSSR count). The van der Waals surface area contributed by atoms with Crippen LogP contribution in [-0.2, 0) is 0 Å². The Morgan fingerprint density at radius 3 is 0.456 bits per heavy atom. The number of fused-ring (bicyclic) bond motifs is 20. The minimum Gasteiger partial charge on any atom is -0.354 e. The summed E-state index contributed by atoms with van der Waals surface area (Å²) < 4.78 is 0. The summed E-state index contributed by atoms with van der Waals surface area (Å²) in [5.41, 5.74) is 24.2. The van der Waals surface area contributed by atoms with E-state index in [4.69, 9.17) is 79.7 Å². The Labute approximate surface area is 704 Å². The van der Waals surface area contributed by atoms with E-state index in [0.29, 0.717) is 90.4 Å². The predicted molar refractivity (Wildman–Crippen MR) is 457 cm³/mol. The minimum absolute atomic E-state index is 0. The van der Waals surface area contributed by atoms with Crippen LogP contribution < -0.4 is 69.1 Å². The van der Waals surface area contributed by atoms with Gasteiger partial charge in [0.25, 0.3) is 0 Å². The van der Waals surface area contributed by atoms with Gasteiger partial charge in [-0.1, -0.05) is 287 Å². The van der Waals surface area contributed by atoms with Gasteiger partial charge in [0.05, 0.1) is 45.6 Å². The van der Waals surface area contributed by atoms with Gasteiger partial charge in [0.2, 0.25) is 0 Å². The van der Waals surface area contributed by atoms with Crippen LogP contribution in [0.2, 0.25) is 0 Å². The van der Waals surface area contributed by atoms with E-state index in [1.807, 2.05) is 97.2 Å². The largest absolute Gasteiger partial charge is 1.00 e. The third kappa shape index (κ3) is 17.4. The van der Waals surface area contributed by atoms with E-state index >= 15 is 0 Å². The van der Waals surface area contributed by atoms with E-state index < -0.39 is 0 Å². The number of hydrogen-bond donors (Lipinski definition) is 0. The molecule has 0 N–H and O–H groups in total. The van der Waals surface area contributed by atoms with Crippen molar-refractivity contribution in [3.8, 4) is 46.1 Å². The van der Waals surface area contributed by atoms with Gasteiger partial charge in [-0.3, -0.25) is 0 Å². The van der Waals surface area contributed by atoms with Crippen molar-refractivity contribution in [3.63, 3.8) is 0 Å². The molecule has 0 aliphatic carbocycles. The van der Waals surface area contributed by atoms with Crippen LogP contribution in [0.3, 0.4) is 0 Å². The first kappa shape index (κ1) is 76.7. The molecule has 8 aromatic carbocycles. The van der Waals surface area contributed by atoms with Crippen molar-refractivity contribution >= 4 is 142 Å². The number of aryl methyl sites for hydroxylation is 8. The summed E-state index contributed by atoms with van der Waals surface area (Å²) in [6, 6.07) is 66.4. The van der Waals surface area contributed by atoms with Crippen LogP contribution in [0.25, 0.3) is 188 Å². The first-order valence-corrected chi connectivity index (χ1v) is 37.0. The Bertz CT molecular complexity index is 5840. The van der Waals surface area contributed by atoms with E-state index in [1.165, 1.54) is 0 Å². The van der Waals surface area contributed by atoms with Crippen LogP contribution in [0, 0.1) is 55.4 Å². The van der Waals surface area contributed by atoms with E-state index in [9.17, 15) is 0 Å². The van der Waals surface area contributed by atoms with Gasteiger partial charge in [-0.2, -0.15) is 0 Å². The number of nitrogens with zero attached hydrogens (tertiary/aromatic N) is 16. The Hall–Kier alpha value is -12.6. The zero-order valence-electron chi connectivity index (χ0n) is 64.9. The monoisotopic (exact) mass is 1490 g/mol. The van der Waals surface area contributed by atoms with Crippen LogP contribution in [0.15, 0.2) is 194 Å². The zero-order valence-corrected chi connectivity index (χ0v) is 68.9. The van der Waals surface area contributed by atoms with Crippen LogP contribution in [0.4, 0.5) is 0 Å². The normalized spacial score (nSPS) is 12.1. The summed E-state index contributed by atoms with van der Waals surface area (Å²) in [6.07, 6.45) is 31.8. The molecule has 0 unspecified atom stereocenters. The van der Waals surface area contributed by atoms with Gasteiger partial charge < -0.3 is 29.9 Å².